The lowest BCUT2D eigenvalue weighted by Gasteiger charge is -2.56. The molecule has 0 aliphatic heterocycles. The minimum Gasteiger partial charge on any atom is -0.393 e. The molecular weight excluding hydrogens is 332 g/mol. The quantitative estimate of drug-likeness (QED) is 0.650. The average Bonchev–Trinajstić information content (AvgIpc) is 2.96. The smallest absolute Gasteiger partial charge is 0.0591 e. The second-order valence-corrected chi connectivity index (χ2v) is 12.0. The maximum atomic E-state index is 10.2. The Hall–Kier alpha value is -0.0800. The van der Waals surface area contributed by atoms with Crippen LogP contribution >= 0.6 is 0 Å². The zero-order valence-electron chi connectivity index (χ0n) is 18.3. The van der Waals surface area contributed by atoms with Crippen LogP contribution in [0.15, 0.2) is 0 Å². The first kappa shape index (κ1) is 20.2. The second-order valence-electron chi connectivity index (χ2n) is 12.0. The van der Waals surface area contributed by atoms with Gasteiger partial charge in [-0.05, 0) is 131 Å². The fourth-order valence-electron chi connectivity index (χ4n) is 8.59. The van der Waals surface area contributed by atoms with Crippen LogP contribution in [0.1, 0.15) is 98.3 Å². The lowest BCUT2D eigenvalue weighted by Crippen LogP contribution is -2.49. The van der Waals surface area contributed by atoms with E-state index in [9.17, 15) is 10.2 Å². The normalized spacial score (nSPS) is 48.4. The molecule has 0 saturated heterocycles. The van der Waals surface area contributed by atoms with Crippen molar-refractivity contribution in [3.8, 4) is 0 Å². The molecule has 2 heteroatoms. The second kappa shape index (κ2) is 7.31. The highest BCUT2D eigenvalue weighted by atomic mass is 16.3. The summed E-state index contributed by atoms with van der Waals surface area (Å²) in [5, 5.41) is 20.3. The van der Waals surface area contributed by atoms with Gasteiger partial charge in [-0.2, -0.15) is 0 Å². The Kier molecular flexibility index (Phi) is 5.47. The Morgan fingerprint density at radius 1 is 0.963 bits per heavy atom. The Morgan fingerprint density at radius 3 is 2.44 bits per heavy atom. The summed E-state index contributed by atoms with van der Waals surface area (Å²) in [6.07, 6.45) is 14.1. The zero-order valence-corrected chi connectivity index (χ0v) is 18.3. The van der Waals surface area contributed by atoms with Crippen molar-refractivity contribution in [2.45, 2.75) is 110 Å². The van der Waals surface area contributed by atoms with Gasteiger partial charge in [-0.25, -0.2) is 0 Å². The molecule has 0 amide bonds. The molecule has 0 spiro atoms. The molecule has 4 aliphatic rings. The molecule has 4 fully saturated rings. The molecule has 9 atom stereocenters. The molecule has 0 aromatic carbocycles. The third-order valence-corrected chi connectivity index (χ3v) is 9.90. The van der Waals surface area contributed by atoms with Gasteiger partial charge in [-0.15, -0.1) is 0 Å². The molecule has 3 unspecified atom stereocenters. The van der Waals surface area contributed by atoms with Crippen molar-refractivity contribution in [3.05, 3.63) is 0 Å². The predicted molar refractivity (Wildman–Crippen MR) is 111 cm³/mol. The lowest BCUT2D eigenvalue weighted by molar-refractivity contribution is -0.0828. The highest BCUT2D eigenvalue weighted by Crippen LogP contribution is 2.65. The van der Waals surface area contributed by atoms with Crippen LogP contribution in [0.3, 0.4) is 0 Å². The van der Waals surface area contributed by atoms with Gasteiger partial charge in [0, 0.05) is 0 Å². The van der Waals surface area contributed by atoms with E-state index in [4.69, 9.17) is 0 Å². The molecular formula is C25H44O2. The van der Waals surface area contributed by atoms with Gasteiger partial charge >= 0.3 is 0 Å². The van der Waals surface area contributed by atoms with Gasteiger partial charge in [-0.1, -0.05) is 13.8 Å². The van der Waals surface area contributed by atoms with E-state index in [0.29, 0.717) is 5.41 Å². The van der Waals surface area contributed by atoms with Crippen molar-refractivity contribution >= 4 is 0 Å². The Bertz CT molecular complexity index is 523. The summed E-state index contributed by atoms with van der Waals surface area (Å²) in [4.78, 5) is 0. The van der Waals surface area contributed by atoms with Gasteiger partial charge in [-0.3, -0.25) is 0 Å². The first-order chi connectivity index (χ1) is 12.7. The average molecular weight is 377 g/mol. The molecule has 156 valence electrons. The van der Waals surface area contributed by atoms with E-state index in [1.807, 2.05) is 13.8 Å². The van der Waals surface area contributed by atoms with Crippen LogP contribution in [0.5, 0.6) is 0 Å². The van der Waals surface area contributed by atoms with Gasteiger partial charge < -0.3 is 10.2 Å². The molecule has 0 bridgehead atoms. The molecule has 0 heterocycles. The van der Waals surface area contributed by atoms with Crippen LogP contribution in [-0.4, -0.2) is 21.9 Å². The van der Waals surface area contributed by atoms with Crippen LogP contribution in [0.2, 0.25) is 0 Å². The molecule has 4 saturated carbocycles. The van der Waals surface area contributed by atoms with E-state index < -0.39 is 5.60 Å². The van der Waals surface area contributed by atoms with Gasteiger partial charge in [0.2, 0.25) is 0 Å². The summed E-state index contributed by atoms with van der Waals surface area (Å²) in [7, 11) is 0. The standard InChI is InChI=1S/C25H44O2/c1-16(11-13-24(2,3)27)22-9-10-23-21-7-5-17-15-18(26)6-8-19(17)20(21)12-14-25(22,23)4/h16-23,26-27H,5-15H2,1-4H3/t16-,17+,18+,19+,20?,21?,22-,23?,25-/m1/s1. The third-order valence-electron chi connectivity index (χ3n) is 9.90. The first-order valence-corrected chi connectivity index (χ1v) is 12.1. The molecule has 0 radical (unpaired) electrons. The summed E-state index contributed by atoms with van der Waals surface area (Å²) >= 11 is 0. The number of hydrogen-bond acceptors (Lipinski definition) is 2. The fraction of sp³-hybridized carbons (Fsp3) is 1.00. The largest absolute Gasteiger partial charge is 0.393 e. The van der Waals surface area contributed by atoms with E-state index in [2.05, 4.69) is 13.8 Å². The van der Waals surface area contributed by atoms with Crippen molar-refractivity contribution in [1.29, 1.82) is 0 Å². The summed E-state index contributed by atoms with van der Waals surface area (Å²) in [5.41, 5.74) is 0.0238. The van der Waals surface area contributed by atoms with Crippen molar-refractivity contribution < 1.29 is 10.2 Å². The molecule has 4 rings (SSSR count). The number of aliphatic hydroxyl groups excluding tert-OH is 1. The molecule has 27 heavy (non-hydrogen) atoms. The highest BCUT2D eigenvalue weighted by molar-refractivity contribution is 5.06. The van der Waals surface area contributed by atoms with Crippen LogP contribution in [0.4, 0.5) is 0 Å². The van der Waals surface area contributed by atoms with Crippen LogP contribution in [0.25, 0.3) is 0 Å². The minimum absolute atomic E-state index is 0.0101. The summed E-state index contributed by atoms with van der Waals surface area (Å²) < 4.78 is 0. The molecule has 4 aliphatic carbocycles. The van der Waals surface area contributed by atoms with Gasteiger partial charge in [0.05, 0.1) is 11.7 Å². The maximum Gasteiger partial charge on any atom is 0.0591 e. The Balaban J connectivity index is 1.45. The Labute approximate surface area is 167 Å². The van der Waals surface area contributed by atoms with Gasteiger partial charge in [0.1, 0.15) is 0 Å². The van der Waals surface area contributed by atoms with Crippen LogP contribution in [0, 0.1) is 46.8 Å². The monoisotopic (exact) mass is 376 g/mol. The third kappa shape index (κ3) is 3.75. The van der Waals surface area contributed by atoms with Crippen molar-refractivity contribution in [2.75, 3.05) is 0 Å². The number of rotatable bonds is 4. The molecule has 0 aromatic heterocycles. The maximum absolute atomic E-state index is 10.2. The fourth-order valence-corrected chi connectivity index (χ4v) is 8.59. The lowest BCUT2D eigenvalue weighted by atomic mass is 9.49. The van der Waals surface area contributed by atoms with E-state index in [1.54, 1.807) is 0 Å². The molecule has 0 aromatic rings. The van der Waals surface area contributed by atoms with Crippen LogP contribution < -0.4 is 0 Å². The van der Waals surface area contributed by atoms with Crippen molar-refractivity contribution in [1.82, 2.24) is 0 Å². The van der Waals surface area contributed by atoms with Crippen molar-refractivity contribution in [2.24, 2.45) is 46.8 Å². The molecule has 2 nitrogen and oxygen atoms in total. The van der Waals surface area contributed by atoms with Gasteiger partial charge in [0.15, 0.2) is 0 Å². The first-order valence-electron chi connectivity index (χ1n) is 12.1. The number of hydrogen-bond donors (Lipinski definition) is 2. The van der Waals surface area contributed by atoms with E-state index in [1.165, 1.54) is 51.4 Å². The minimum atomic E-state index is -0.519. The molecule has 2 N–H and O–H groups in total. The van der Waals surface area contributed by atoms with Crippen LogP contribution in [-0.2, 0) is 0 Å². The van der Waals surface area contributed by atoms with Crippen molar-refractivity contribution in [3.63, 3.8) is 0 Å². The summed E-state index contributed by atoms with van der Waals surface area (Å²) in [6.45, 7) is 9.03. The summed E-state index contributed by atoms with van der Waals surface area (Å²) in [5.74, 6) is 6.21. The van der Waals surface area contributed by atoms with E-state index >= 15 is 0 Å². The van der Waals surface area contributed by atoms with Gasteiger partial charge in [0.25, 0.3) is 0 Å². The SMILES string of the molecule is C[C@H](CCC(C)(C)O)[C@H]1CCC2C3CC[C@H]4C[C@@H](O)CC[C@@H]4C3CC[C@@]21C. The number of fused-ring (bicyclic) bond motifs is 5. The van der Waals surface area contributed by atoms with E-state index in [0.717, 1.165) is 60.7 Å². The van der Waals surface area contributed by atoms with E-state index in [-0.39, 0.29) is 6.10 Å². The number of aliphatic hydroxyl groups is 2. The topological polar surface area (TPSA) is 40.5 Å². The predicted octanol–water partition coefficient (Wildman–Crippen LogP) is 5.80. The highest BCUT2D eigenvalue weighted by Gasteiger charge is 2.57. The summed E-state index contributed by atoms with van der Waals surface area (Å²) in [6, 6.07) is 0. The Morgan fingerprint density at radius 2 is 1.70 bits per heavy atom. The zero-order chi connectivity index (χ0) is 19.4.